The van der Waals surface area contributed by atoms with Gasteiger partial charge in [-0.1, -0.05) is 25.6 Å². The van der Waals surface area contributed by atoms with Crippen LogP contribution in [0, 0.1) is 5.82 Å². The molecule has 0 amide bonds. The van der Waals surface area contributed by atoms with E-state index in [2.05, 4.69) is 12.2 Å². The van der Waals surface area contributed by atoms with Gasteiger partial charge in [0.1, 0.15) is 10.8 Å². The molecule has 3 N–H and O–H groups in total. The van der Waals surface area contributed by atoms with Crippen molar-refractivity contribution in [3.05, 3.63) is 29.6 Å². The highest BCUT2D eigenvalue weighted by atomic mass is 32.1. The summed E-state index contributed by atoms with van der Waals surface area (Å²) < 4.78 is 19.0. The Morgan fingerprint density at radius 2 is 2.11 bits per heavy atom. The molecule has 1 rings (SSSR count). The van der Waals surface area contributed by atoms with Crippen molar-refractivity contribution in [2.24, 2.45) is 5.73 Å². The van der Waals surface area contributed by atoms with Gasteiger partial charge >= 0.3 is 0 Å². The molecular formula is C14H21FN2OS. The lowest BCUT2D eigenvalue weighted by Gasteiger charge is -2.08. The van der Waals surface area contributed by atoms with E-state index in [-0.39, 0.29) is 10.6 Å². The molecule has 0 fully saturated rings. The van der Waals surface area contributed by atoms with Crippen LogP contribution in [0.3, 0.4) is 0 Å². The summed E-state index contributed by atoms with van der Waals surface area (Å²) in [6.45, 7) is 4.42. The predicted octanol–water partition coefficient (Wildman–Crippen LogP) is 3.08. The number of nitrogens with one attached hydrogen (secondary N) is 1. The van der Waals surface area contributed by atoms with Crippen molar-refractivity contribution >= 4 is 22.9 Å². The van der Waals surface area contributed by atoms with Gasteiger partial charge in [-0.2, -0.15) is 0 Å². The first-order valence-corrected chi connectivity index (χ1v) is 6.97. The molecule has 0 aromatic heterocycles. The zero-order chi connectivity index (χ0) is 14.1. The molecule has 0 radical (unpaired) electrons. The Balaban J connectivity index is 2.26. The SMILES string of the molecule is CCCCOCCCNc1ccc(C(N)=S)c(F)c1. The number of nitrogens with two attached hydrogens (primary N) is 1. The summed E-state index contributed by atoms with van der Waals surface area (Å²) in [7, 11) is 0. The second-order valence-electron chi connectivity index (χ2n) is 4.31. The smallest absolute Gasteiger partial charge is 0.135 e. The van der Waals surface area contributed by atoms with Crippen molar-refractivity contribution in [3.63, 3.8) is 0 Å². The Labute approximate surface area is 119 Å². The molecule has 0 saturated heterocycles. The summed E-state index contributed by atoms with van der Waals surface area (Å²) in [5, 5.41) is 3.14. The number of halogens is 1. The highest BCUT2D eigenvalue weighted by Gasteiger charge is 2.05. The minimum atomic E-state index is -0.392. The molecule has 0 spiro atoms. The van der Waals surface area contributed by atoms with Crippen LogP contribution in [0.15, 0.2) is 18.2 Å². The van der Waals surface area contributed by atoms with Gasteiger partial charge in [0.2, 0.25) is 0 Å². The Bertz CT molecular complexity index is 412. The van der Waals surface area contributed by atoms with Crippen LogP contribution in [-0.2, 0) is 4.74 Å². The van der Waals surface area contributed by atoms with Crippen LogP contribution in [0.1, 0.15) is 31.7 Å². The Morgan fingerprint density at radius 1 is 1.37 bits per heavy atom. The molecule has 0 atom stereocenters. The molecule has 0 aliphatic heterocycles. The van der Waals surface area contributed by atoms with Crippen molar-refractivity contribution in [2.45, 2.75) is 26.2 Å². The van der Waals surface area contributed by atoms with Gasteiger partial charge in [-0.15, -0.1) is 0 Å². The summed E-state index contributed by atoms with van der Waals surface area (Å²) in [5.41, 5.74) is 6.41. The van der Waals surface area contributed by atoms with Gasteiger partial charge in [0, 0.05) is 31.0 Å². The summed E-state index contributed by atoms with van der Waals surface area (Å²) in [6, 6.07) is 4.78. The molecule has 1 aromatic carbocycles. The molecule has 0 aliphatic rings. The first-order valence-electron chi connectivity index (χ1n) is 6.56. The normalized spacial score (nSPS) is 10.4. The maximum Gasteiger partial charge on any atom is 0.135 e. The third-order valence-electron chi connectivity index (χ3n) is 2.67. The molecular weight excluding hydrogens is 263 g/mol. The van der Waals surface area contributed by atoms with Crippen LogP contribution in [-0.4, -0.2) is 24.7 Å². The van der Waals surface area contributed by atoms with Crippen molar-refractivity contribution in [3.8, 4) is 0 Å². The molecule has 0 heterocycles. The van der Waals surface area contributed by atoms with E-state index in [9.17, 15) is 4.39 Å². The Kier molecular flexibility index (Phi) is 7.36. The van der Waals surface area contributed by atoms with Crippen LogP contribution in [0.4, 0.5) is 10.1 Å². The van der Waals surface area contributed by atoms with E-state index >= 15 is 0 Å². The number of rotatable bonds is 9. The largest absolute Gasteiger partial charge is 0.389 e. The van der Waals surface area contributed by atoms with Gasteiger partial charge in [-0.3, -0.25) is 0 Å². The number of ether oxygens (including phenoxy) is 1. The van der Waals surface area contributed by atoms with Gasteiger partial charge in [-0.05, 0) is 31.0 Å². The van der Waals surface area contributed by atoms with Crippen molar-refractivity contribution in [1.82, 2.24) is 0 Å². The monoisotopic (exact) mass is 284 g/mol. The van der Waals surface area contributed by atoms with E-state index < -0.39 is 5.82 Å². The van der Waals surface area contributed by atoms with E-state index in [0.717, 1.165) is 44.7 Å². The summed E-state index contributed by atoms with van der Waals surface area (Å²) >= 11 is 4.75. The number of thiocarbonyl (C=S) groups is 1. The zero-order valence-corrected chi connectivity index (χ0v) is 12.1. The number of hydrogen-bond donors (Lipinski definition) is 2. The average molecular weight is 284 g/mol. The molecule has 0 aliphatic carbocycles. The second-order valence-corrected chi connectivity index (χ2v) is 4.74. The maximum absolute atomic E-state index is 13.6. The lowest BCUT2D eigenvalue weighted by Crippen LogP contribution is -2.12. The highest BCUT2D eigenvalue weighted by molar-refractivity contribution is 7.80. The van der Waals surface area contributed by atoms with Crippen molar-refractivity contribution < 1.29 is 9.13 Å². The number of anilines is 1. The van der Waals surface area contributed by atoms with Crippen LogP contribution in [0.5, 0.6) is 0 Å². The first kappa shape index (κ1) is 15.9. The average Bonchev–Trinajstić information content (AvgIpc) is 2.37. The van der Waals surface area contributed by atoms with E-state index in [0.29, 0.717) is 0 Å². The van der Waals surface area contributed by atoms with Crippen LogP contribution in [0.25, 0.3) is 0 Å². The third-order valence-corrected chi connectivity index (χ3v) is 2.89. The lowest BCUT2D eigenvalue weighted by atomic mass is 10.2. The van der Waals surface area contributed by atoms with E-state index in [1.54, 1.807) is 12.1 Å². The molecule has 106 valence electrons. The van der Waals surface area contributed by atoms with Crippen LogP contribution < -0.4 is 11.1 Å². The predicted molar refractivity (Wildman–Crippen MR) is 81.1 cm³/mol. The minimum Gasteiger partial charge on any atom is -0.389 e. The first-order chi connectivity index (χ1) is 9.15. The van der Waals surface area contributed by atoms with Gasteiger partial charge in [-0.25, -0.2) is 4.39 Å². The fraction of sp³-hybridized carbons (Fsp3) is 0.500. The Morgan fingerprint density at radius 3 is 2.74 bits per heavy atom. The van der Waals surface area contributed by atoms with Crippen LogP contribution in [0.2, 0.25) is 0 Å². The number of unbranched alkanes of at least 4 members (excludes halogenated alkanes) is 1. The zero-order valence-electron chi connectivity index (χ0n) is 11.2. The summed E-state index contributed by atoms with van der Waals surface area (Å²) in [6.07, 6.45) is 3.13. The highest BCUT2D eigenvalue weighted by Crippen LogP contribution is 2.14. The third kappa shape index (κ3) is 5.98. The van der Waals surface area contributed by atoms with E-state index in [1.165, 1.54) is 6.07 Å². The minimum absolute atomic E-state index is 0.0772. The van der Waals surface area contributed by atoms with Crippen molar-refractivity contribution in [2.75, 3.05) is 25.1 Å². The molecule has 0 bridgehead atoms. The van der Waals surface area contributed by atoms with Gasteiger partial charge in [0.15, 0.2) is 0 Å². The quantitative estimate of drug-likeness (QED) is 0.540. The molecule has 1 aromatic rings. The van der Waals surface area contributed by atoms with Crippen LogP contribution >= 0.6 is 12.2 Å². The summed E-state index contributed by atoms with van der Waals surface area (Å²) in [5.74, 6) is -0.392. The number of benzene rings is 1. The van der Waals surface area contributed by atoms with Gasteiger partial charge in [0.05, 0.1) is 0 Å². The molecule has 5 heteroatoms. The second kappa shape index (κ2) is 8.82. The standard InChI is InChI=1S/C14H21FN2OS/c1-2-3-8-18-9-4-7-17-11-5-6-12(14(16)19)13(15)10-11/h5-6,10,17H,2-4,7-9H2,1H3,(H2,16,19). The molecule has 19 heavy (non-hydrogen) atoms. The lowest BCUT2D eigenvalue weighted by molar-refractivity contribution is 0.131. The van der Waals surface area contributed by atoms with E-state index in [1.807, 2.05) is 0 Å². The van der Waals surface area contributed by atoms with Gasteiger partial charge in [0.25, 0.3) is 0 Å². The van der Waals surface area contributed by atoms with E-state index in [4.69, 9.17) is 22.7 Å². The Hall–Kier alpha value is -1.20. The van der Waals surface area contributed by atoms with Crippen molar-refractivity contribution in [1.29, 1.82) is 0 Å². The maximum atomic E-state index is 13.6. The fourth-order valence-corrected chi connectivity index (χ4v) is 1.75. The molecule has 0 saturated carbocycles. The summed E-state index contributed by atoms with van der Waals surface area (Å²) in [4.78, 5) is 0.0772. The molecule has 3 nitrogen and oxygen atoms in total. The molecule has 0 unspecified atom stereocenters. The van der Waals surface area contributed by atoms with Gasteiger partial charge < -0.3 is 15.8 Å². The number of hydrogen-bond acceptors (Lipinski definition) is 3. The topological polar surface area (TPSA) is 47.3 Å². The fourth-order valence-electron chi connectivity index (χ4n) is 1.58.